The Labute approximate surface area is 97.1 Å². The molecule has 0 radical (unpaired) electrons. The number of nitrogens with zero attached hydrogens (tertiary/aromatic N) is 5. The highest BCUT2D eigenvalue weighted by Crippen LogP contribution is 2.14. The molecule has 0 fully saturated rings. The van der Waals surface area contributed by atoms with Gasteiger partial charge in [0.2, 0.25) is 11.9 Å². The molecule has 0 saturated heterocycles. The van der Waals surface area contributed by atoms with Crippen LogP contribution in [0.25, 0.3) is 0 Å². The maximum atomic E-state index is 8.96. The zero-order valence-electron chi connectivity index (χ0n) is 9.44. The van der Waals surface area contributed by atoms with Crippen LogP contribution in [0.1, 0.15) is 0 Å². The van der Waals surface area contributed by atoms with Gasteiger partial charge >= 0.3 is 0 Å². The average molecular weight is 246 g/mol. The van der Waals surface area contributed by atoms with E-state index in [1.54, 1.807) is 0 Å². The van der Waals surface area contributed by atoms with Gasteiger partial charge in [-0.1, -0.05) is 5.23 Å². The van der Waals surface area contributed by atoms with Crippen LogP contribution in [-0.2, 0) is 9.68 Å². The summed E-state index contributed by atoms with van der Waals surface area (Å²) in [6.07, 6.45) is 0. The van der Waals surface area contributed by atoms with Crippen molar-refractivity contribution in [3.63, 3.8) is 0 Å². The molecule has 96 valence electrons. The smallest absolute Gasteiger partial charge is 0.284 e. The minimum Gasteiger partial charge on any atom is -0.376 e. The Hall–Kier alpha value is -1.75. The van der Waals surface area contributed by atoms with Crippen molar-refractivity contribution in [1.82, 2.24) is 15.0 Å². The number of hydrogen-bond acceptors (Lipinski definition) is 10. The molecule has 0 bridgehead atoms. The highest BCUT2D eigenvalue weighted by Gasteiger charge is 2.15. The fourth-order valence-corrected chi connectivity index (χ4v) is 1.00. The summed E-state index contributed by atoms with van der Waals surface area (Å²) in [5.74, 6) is -0.114. The standard InChI is InChI=1S/C7H14N6O4/c1-16-13(17-2)7-10-5(8)9-6(11-7)12(3-14)4-15/h14-15H,3-4H2,1-2H3,(H2,8,9,10,11). The van der Waals surface area contributed by atoms with E-state index in [0.29, 0.717) is 0 Å². The predicted octanol–water partition coefficient (Wildman–Crippen LogP) is -1.91. The minimum atomic E-state index is -0.473. The Kier molecular flexibility index (Phi) is 4.78. The van der Waals surface area contributed by atoms with E-state index >= 15 is 0 Å². The first-order chi connectivity index (χ1) is 8.15. The first-order valence-corrected chi connectivity index (χ1v) is 4.52. The fourth-order valence-electron chi connectivity index (χ4n) is 1.00. The van der Waals surface area contributed by atoms with Crippen LogP contribution in [0.4, 0.5) is 17.8 Å². The molecule has 0 aromatic carbocycles. The number of rotatable bonds is 6. The van der Waals surface area contributed by atoms with Gasteiger partial charge in [-0.15, -0.1) is 0 Å². The van der Waals surface area contributed by atoms with Crippen LogP contribution in [-0.4, -0.2) is 52.8 Å². The second-order valence-corrected chi connectivity index (χ2v) is 2.74. The van der Waals surface area contributed by atoms with Crippen LogP contribution in [0.5, 0.6) is 0 Å². The Morgan fingerprint density at radius 3 is 2.06 bits per heavy atom. The number of nitrogens with two attached hydrogens (primary N) is 1. The predicted molar refractivity (Wildman–Crippen MR) is 57.4 cm³/mol. The molecule has 0 amide bonds. The van der Waals surface area contributed by atoms with E-state index in [9.17, 15) is 0 Å². The molecule has 0 aliphatic rings. The molecule has 1 rings (SSSR count). The van der Waals surface area contributed by atoms with Gasteiger partial charge in [0.1, 0.15) is 13.5 Å². The van der Waals surface area contributed by atoms with E-state index in [2.05, 4.69) is 15.0 Å². The van der Waals surface area contributed by atoms with Gasteiger partial charge in [0.15, 0.2) is 0 Å². The molecule has 1 aromatic heterocycles. The van der Waals surface area contributed by atoms with Gasteiger partial charge in [-0.05, 0) is 0 Å². The van der Waals surface area contributed by atoms with Crippen LogP contribution in [0.3, 0.4) is 0 Å². The molecule has 10 nitrogen and oxygen atoms in total. The molecular weight excluding hydrogens is 232 g/mol. The summed E-state index contributed by atoms with van der Waals surface area (Å²) in [5, 5.41) is 18.8. The molecule has 1 aromatic rings. The second-order valence-electron chi connectivity index (χ2n) is 2.74. The van der Waals surface area contributed by atoms with Crippen molar-refractivity contribution in [3.05, 3.63) is 0 Å². The zero-order chi connectivity index (χ0) is 12.8. The summed E-state index contributed by atoms with van der Waals surface area (Å²) < 4.78 is 0. The third kappa shape index (κ3) is 3.10. The summed E-state index contributed by atoms with van der Waals surface area (Å²) in [5.41, 5.74) is 5.46. The summed E-state index contributed by atoms with van der Waals surface area (Å²) in [7, 11) is 2.69. The Morgan fingerprint density at radius 1 is 1.06 bits per heavy atom. The summed E-state index contributed by atoms with van der Waals surface area (Å²) in [6.45, 7) is -0.946. The maximum Gasteiger partial charge on any atom is 0.284 e. The SMILES string of the molecule is CON(OC)c1nc(N)nc(N(CO)CO)n1. The number of aromatic nitrogens is 3. The normalized spacial score (nSPS) is 10.4. The summed E-state index contributed by atoms with van der Waals surface area (Å²) in [4.78, 5) is 22.1. The molecule has 10 heteroatoms. The Bertz CT molecular complexity index is 326. The van der Waals surface area contributed by atoms with Crippen molar-refractivity contribution in [2.75, 3.05) is 43.5 Å². The maximum absolute atomic E-state index is 8.96. The van der Waals surface area contributed by atoms with Crippen LogP contribution in [0, 0.1) is 0 Å². The number of hydrogen-bond donors (Lipinski definition) is 3. The van der Waals surface area contributed by atoms with E-state index in [1.807, 2.05) is 0 Å². The molecular formula is C7H14N6O4. The lowest BCUT2D eigenvalue weighted by molar-refractivity contribution is -0.0471. The Balaban J connectivity index is 3.08. The monoisotopic (exact) mass is 246 g/mol. The number of nitrogen functional groups attached to an aromatic ring is 1. The van der Waals surface area contributed by atoms with Gasteiger partial charge in [-0.25, -0.2) is 9.68 Å². The summed E-state index contributed by atoms with van der Waals surface area (Å²) >= 11 is 0. The minimum absolute atomic E-state index is 0.00315. The lowest BCUT2D eigenvalue weighted by atomic mass is 10.7. The third-order valence-electron chi connectivity index (χ3n) is 1.75. The van der Waals surface area contributed by atoms with Gasteiger partial charge < -0.3 is 15.9 Å². The van der Waals surface area contributed by atoms with Crippen LogP contribution in [0.15, 0.2) is 0 Å². The largest absolute Gasteiger partial charge is 0.376 e. The van der Waals surface area contributed by atoms with E-state index in [4.69, 9.17) is 25.6 Å². The fraction of sp³-hybridized carbons (Fsp3) is 0.571. The number of aliphatic hydroxyl groups excluding tert-OH is 2. The molecule has 0 aliphatic heterocycles. The van der Waals surface area contributed by atoms with E-state index in [-0.39, 0.29) is 17.8 Å². The molecule has 0 saturated carbocycles. The van der Waals surface area contributed by atoms with Crippen molar-refractivity contribution < 1.29 is 19.9 Å². The zero-order valence-corrected chi connectivity index (χ0v) is 9.44. The number of aliphatic hydroxyl groups is 2. The quantitative estimate of drug-likeness (QED) is 0.386. The van der Waals surface area contributed by atoms with Crippen molar-refractivity contribution in [1.29, 1.82) is 0 Å². The lowest BCUT2D eigenvalue weighted by Crippen LogP contribution is -2.29. The molecule has 0 aliphatic carbocycles. The lowest BCUT2D eigenvalue weighted by Gasteiger charge is -2.20. The van der Waals surface area contributed by atoms with Crippen molar-refractivity contribution in [3.8, 4) is 0 Å². The van der Waals surface area contributed by atoms with Gasteiger partial charge in [0.05, 0.1) is 14.2 Å². The Morgan fingerprint density at radius 2 is 1.59 bits per heavy atom. The van der Waals surface area contributed by atoms with Crippen LogP contribution >= 0.6 is 0 Å². The van der Waals surface area contributed by atoms with Crippen molar-refractivity contribution in [2.45, 2.75) is 0 Å². The van der Waals surface area contributed by atoms with Crippen LogP contribution < -0.4 is 15.9 Å². The van der Waals surface area contributed by atoms with E-state index in [1.165, 1.54) is 14.2 Å². The molecule has 0 atom stereocenters. The first kappa shape index (κ1) is 13.3. The average Bonchev–Trinajstić information content (AvgIpc) is 2.31. The highest BCUT2D eigenvalue weighted by molar-refractivity contribution is 5.40. The van der Waals surface area contributed by atoms with Gasteiger partial charge in [-0.2, -0.15) is 15.0 Å². The van der Waals surface area contributed by atoms with Gasteiger partial charge in [0.25, 0.3) is 5.95 Å². The van der Waals surface area contributed by atoms with Crippen LogP contribution in [0.2, 0.25) is 0 Å². The molecule has 0 unspecified atom stereocenters. The van der Waals surface area contributed by atoms with E-state index in [0.717, 1.165) is 10.1 Å². The molecule has 0 spiro atoms. The molecule has 4 N–H and O–H groups in total. The molecule has 1 heterocycles. The second kappa shape index (κ2) is 6.10. The van der Waals surface area contributed by atoms with Crippen molar-refractivity contribution >= 4 is 17.8 Å². The first-order valence-electron chi connectivity index (χ1n) is 4.52. The summed E-state index contributed by atoms with van der Waals surface area (Å²) in [6, 6.07) is 0. The van der Waals surface area contributed by atoms with E-state index < -0.39 is 13.5 Å². The van der Waals surface area contributed by atoms with Crippen molar-refractivity contribution in [2.24, 2.45) is 0 Å². The van der Waals surface area contributed by atoms with Gasteiger partial charge in [0, 0.05) is 0 Å². The highest BCUT2D eigenvalue weighted by atomic mass is 16.9. The molecule has 17 heavy (non-hydrogen) atoms. The topological polar surface area (TPSA) is 130 Å². The number of anilines is 3. The van der Waals surface area contributed by atoms with Gasteiger partial charge in [-0.3, -0.25) is 4.90 Å². The third-order valence-corrected chi connectivity index (χ3v) is 1.75.